The summed E-state index contributed by atoms with van der Waals surface area (Å²) in [5.74, 6) is -3.85. The van der Waals surface area contributed by atoms with Crippen LogP contribution in [-0.4, -0.2) is 72.7 Å². The van der Waals surface area contributed by atoms with Crippen molar-refractivity contribution in [2.24, 2.45) is 11.8 Å². The SMILES string of the molecule is C=CC(=O)OCC(O)COc1c(CC)cccc1Cc1cccc(C)c1OCC(COC(=O)C=C)OC(=O)C1CC=CCC1C(=O)O. The summed E-state index contributed by atoms with van der Waals surface area (Å²) < 4.78 is 28.0. The molecule has 0 radical (unpaired) electrons. The Morgan fingerprint density at radius 2 is 1.40 bits per heavy atom. The van der Waals surface area contributed by atoms with Crippen molar-refractivity contribution in [1.29, 1.82) is 0 Å². The standard InChI is InChI=1S/C36H42O11/c1-5-24-13-11-15-26(34(24)45-20-27(37)19-43-31(38)6-2)18-25-14-10-12-23(4)33(25)46-22-28(21-44-32(39)7-3)47-36(42)30-17-9-8-16-29(30)35(40)41/h6-15,27-30,37H,2-3,5,16-22H2,1,4H3,(H,40,41). The monoisotopic (exact) mass is 650 g/mol. The number of para-hydroxylation sites is 2. The van der Waals surface area contributed by atoms with Crippen LogP contribution in [0.3, 0.4) is 0 Å². The van der Waals surface area contributed by atoms with Gasteiger partial charge in [-0.1, -0.05) is 68.6 Å². The number of benzene rings is 2. The Morgan fingerprint density at radius 1 is 0.830 bits per heavy atom. The van der Waals surface area contributed by atoms with E-state index < -0.39 is 47.9 Å². The smallest absolute Gasteiger partial charge is 0.330 e. The molecule has 2 aromatic carbocycles. The number of aliphatic carboxylic acids is 1. The van der Waals surface area contributed by atoms with Gasteiger partial charge in [-0.25, -0.2) is 9.59 Å². The maximum Gasteiger partial charge on any atom is 0.330 e. The second kappa shape index (κ2) is 18.3. The number of esters is 3. The Bertz CT molecular complexity index is 1460. The Labute approximate surface area is 274 Å². The van der Waals surface area contributed by atoms with E-state index in [1.807, 2.05) is 50.2 Å². The van der Waals surface area contributed by atoms with E-state index in [0.29, 0.717) is 24.3 Å². The van der Waals surface area contributed by atoms with Crippen molar-refractivity contribution >= 4 is 23.9 Å². The first-order valence-electron chi connectivity index (χ1n) is 15.4. The van der Waals surface area contributed by atoms with Gasteiger partial charge in [0.1, 0.15) is 44.0 Å². The van der Waals surface area contributed by atoms with Crippen molar-refractivity contribution in [3.8, 4) is 11.5 Å². The highest BCUT2D eigenvalue weighted by Gasteiger charge is 2.36. The maximum atomic E-state index is 13.1. The number of carboxylic acids is 1. The molecule has 0 saturated carbocycles. The zero-order chi connectivity index (χ0) is 34.3. The minimum Gasteiger partial charge on any atom is -0.490 e. The Morgan fingerprint density at radius 3 is 2.04 bits per heavy atom. The van der Waals surface area contributed by atoms with E-state index in [9.17, 15) is 29.4 Å². The zero-order valence-electron chi connectivity index (χ0n) is 26.7. The highest BCUT2D eigenvalue weighted by atomic mass is 16.6. The lowest BCUT2D eigenvalue weighted by molar-refractivity contribution is -0.167. The number of aliphatic hydroxyl groups is 1. The van der Waals surface area contributed by atoms with Gasteiger partial charge in [-0.3, -0.25) is 9.59 Å². The summed E-state index contributed by atoms with van der Waals surface area (Å²) in [6, 6.07) is 11.4. The Hall–Kier alpha value is -4.90. The second-order valence-electron chi connectivity index (χ2n) is 11.0. The van der Waals surface area contributed by atoms with Crippen LogP contribution in [0.2, 0.25) is 0 Å². The molecule has 252 valence electrons. The van der Waals surface area contributed by atoms with Gasteiger partial charge in [-0.05, 0) is 48.4 Å². The van der Waals surface area contributed by atoms with Crippen LogP contribution in [0.4, 0.5) is 0 Å². The topological polar surface area (TPSA) is 155 Å². The summed E-state index contributed by atoms with van der Waals surface area (Å²) in [5.41, 5.74) is 3.33. The Balaban J connectivity index is 1.80. The molecule has 2 N–H and O–H groups in total. The fourth-order valence-electron chi connectivity index (χ4n) is 5.10. The van der Waals surface area contributed by atoms with E-state index >= 15 is 0 Å². The van der Waals surface area contributed by atoms with Gasteiger partial charge < -0.3 is 33.9 Å². The van der Waals surface area contributed by atoms with E-state index in [4.69, 9.17) is 23.7 Å². The molecule has 0 heterocycles. The first-order chi connectivity index (χ1) is 22.6. The molecule has 1 aliphatic carbocycles. The highest BCUT2D eigenvalue weighted by Crippen LogP contribution is 2.32. The molecule has 0 aliphatic heterocycles. The molecule has 0 fully saturated rings. The van der Waals surface area contributed by atoms with E-state index in [-0.39, 0.29) is 39.3 Å². The molecule has 0 amide bonds. The molecule has 2 aromatic rings. The third-order valence-corrected chi connectivity index (χ3v) is 7.56. The molecule has 11 nitrogen and oxygen atoms in total. The summed E-state index contributed by atoms with van der Waals surface area (Å²) >= 11 is 0. The predicted octanol–water partition coefficient (Wildman–Crippen LogP) is 4.30. The molecule has 47 heavy (non-hydrogen) atoms. The van der Waals surface area contributed by atoms with Crippen LogP contribution in [0.25, 0.3) is 0 Å². The van der Waals surface area contributed by atoms with Crippen molar-refractivity contribution in [1.82, 2.24) is 0 Å². The van der Waals surface area contributed by atoms with Crippen LogP contribution in [-0.2, 0) is 46.2 Å². The van der Waals surface area contributed by atoms with Gasteiger partial charge in [-0.2, -0.15) is 0 Å². The largest absolute Gasteiger partial charge is 0.490 e. The van der Waals surface area contributed by atoms with Gasteiger partial charge in [0.25, 0.3) is 0 Å². The fraction of sp³-hybridized carbons (Fsp3) is 0.389. The summed E-state index contributed by atoms with van der Waals surface area (Å²) in [5, 5.41) is 19.9. The molecular weight excluding hydrogens is 608 g/mol. The number of rotatable bonds is 18. The molecule has 0 bridgehead atoms. The third-order valence-electron chi connectivity index (χ3n) is 7.56. The van der Waals surface area contributed by atoms with E-state index in [0.717, 1.165) is 34.4 Å². The molecule has 3 rings (SSSR count). The van der Waals surface area contributed by atoms with Crippen LogP contribution >= 0.6 is 0 Å². The first-order valence-corrected chi connectivity index (χ1v) is 15.4. The molecular formula is C36H42O11. The summed E-state index contributed by atoms with van der Waals surface area (Å²) in [6.07, 6.45) is 4.87. The minimum absolute atomic E-state index is 0.110. The van der Waals surface area contributed by atoms with E-state index in [1.165, 1.54) is 0 Å². The van der Waals surface area contributed by atoms with Gasteiger partial charge in [-0.15, -0.1) is 0 Å². The molecule has 0 spiro atoms. The van der Waals surface area contributed by atoms with Gasteiger partial charge in [0.15, 0.2) is 6.10 Å². The van der Waals surface area contributed by atoms with Crippen molar-refractivity contribution in [2.75, 3.05) is 26.4 Å². The number of carboxylic acid groups (broad SMARTS) is 1. The predicted molar refractivity (Wildman–Crippen MR) is 172 cm³/mol. The first kappa shape index (κ1) is 36.6. The molecule has 4 unspecified atom stereocenters. The van der Waals surface area contributed by atoms with Crippen LogP contribution in [0.5, 0.6) is 11.5 Å². The van der Waals surface area contributed by atoms with Gasteiger partial charge >= 0.3 is 23.9 Å². The number of aliphatic hydroxyl groups excluding tert-OH is 1. The fourth-order valence-corrected chi connectivity index (χ4v) is 5.10. The lowest BCUT2D eigenvalue weighted by atomic mass is 9.83. The average molecular weight is 651 g/mol. The lowest BCUT2D eigenvalue weighted by Gasteiger charge is -2.26. The number of allylic oxidation sites excluding steroid dienone is 2. The van der Waals surface area contributed by atoms with Crippen LogP contribution in [0.15, 0.2) is 73.9 Å². The average Bonchev–Trinajstić information content (AvgIpc) is 3.07. The zero-order valence-corrected chi connectivity index (χ0v) is 26.7. The van der Waals surface area contributed by atoms with Gasteiger partial charge in [0.2, 0.25) is 0 Å². The normalized spacial score (nSPS) is 16.7. The van der Waals surface area contributed by atoms with E-state index in [1.54, 1.807) is 12.2 Å². The van der Waals surface area contributed by atoms with Crippen molar-refractivity contribution in [3.63, 3.8) is 0 Å². The van der Waals surface area contributed by atoms with Gasteiger partial charge in [0.05, 0.1) is 11.8 Å². The van der Waals surface area contributed by atoms with Crippen LogP contribution in [0.1, 0.15) is 42.0 Å². The van der Waals surface area contributed by atoms with E-state index in [2.05, 4.69) is 13.2 Å². The summed E-state index contributed by atoms with van der Waals surface area (Å²) in [6.45, 7) is 9.72. The van der Waals surface area contributed by atoms with Gasteiger partial charge in [0, 0.05) is 18.6 Å². The van der Waals surface area contributed by atoms with Crippen LogP contribution in [0, 0.1) is 18.8 Å². The maximum absolute atomic E-state index is 13.1. The number of ether oxygens (including phenoxy) is 5. The number of carbonyl (C=O) groups excluding carboxylic acids is 3. The van der Waals surface area contributed by atoms with Crippen molar-refractivity contribution < 1.29 is 53.1 Å². The third kappa shape index (κ3) is 10.8. The second-order valence-corrected chi connectivity index (χ2v) is 11.0. The van der Waals surface area contributed by atoms with Crippen molar-refractivity contribution in [2.45, 2.75) is 51.7 Å². The van der Waals surface area contributed by atoms with Crippen LogP contribution < -0.4 is 9.47 Å². The Kier molecular flexibility index (Phi) is 14.2. The molecule has 1 aliphatic rings. The number of carbonyl (C=O) groups is 4. The molecule has 0 aromatic heterocycles. The number of hydrogen-bond acceptors (Lipinski definition) is 10. The number of hydrogen-bond donors (Lipinski definition) is 2. The quantitative estimate of drug-likeness (QED) is 0.103. The molecule has 0 saturated heterocycles. The number of aryl methyl sites for hydroxylation is 2. The summed E-state index contributed by atoms with van der Waals surface area (Å²) in [4.78, 5) is 48.1. The molecule has 4 atom stereocenters. The van der Waals surface area contributed by atoms with Crippen molar-refractivity contribution in [3.05, 3.63) is 96.1 Å². The summed E-state index contributed by atoms with van der Waals surface area (Å²) in [7, 11) is 0. The minimum atomic E-state index is -1.09. The highest BCUT2D eigenvalue weighted by molar-refractivity contribution is 5.82. The molecule has 11 heteroatoms. The lowest BCUT2D eigenvalue weighted by Crippen LogP contribution is -2.37.